The van der Waals surface area contributed by atoms with E-state index in [1.165, 1.54) is 0 Å². The number of hydrogen-bond donors (Lipinski definition) is 2. The van der Waals surface area contributed by atoms with Crippen LogP contribution < -0.4 is 10.6 Å². The lowest BCUT2D eigenvalue weighted by molar-refractivity contribution is -0.120. The molecule has 2 N–H and O–H groups in total. The van der Waals surface area contributed by atoms with E-state index in [0.717, 1.165) is 18.7 Å². The van der Waals surface area contributed by atoms with Crippen molar-refractivity contribution in [2.45, 2.75) is 26.8 Å². The molecule has 0 aliphatic heterocycles. The van der Waals surface area contributed by atoms with E-state index in [9.17, 15) is 9.59 Å². The minimum Gasteiger partial charge on any atom is -0.355 e. The standard InChI is InChI=1S/C19H26N4O3/c1-4-23(5-2)14(3)12-20-18(24)13-21-19(25)16-11-17(26-22-16)15-9-7-6-8-10-15/h6-11,14H,4-5,12-13H2,1-3H3,(H,20,24)(H,21,25)/t14-/m0/s1. The fourth-order valence-electron chi connectivity index (χ4n) is 2.67. The second-order valence-corrected chi connectivity index (χ2v) is 6.00. The Labute approximate surface area is 153 Å². The monoisotopic (exact) mass is 358 g/mol. The van der Waals surface area contributed by atoms with Crippen molar-refractivity contribution in [2.75, 3.05) is 26.2 Å². The maximum Gasteiger partial charge on any atom is 0.273 e. The molecule has 0 unspecified atom stereocenters. The number of hydrogen-bond acceptors (Lipinski definition) is 5. The van der Waals surface area contributed by atoms with Crippen LogP contribution in [0.3, 0.4) is 0 Å². The van der Waals surface area contributed by atoms with E-state index >= 15 is 0 Å². The van der Waals surface area contributed by atoms with Crippen molar-refractivity contribution in [3.05, 3.63) is 42.1 Å². The minimum atomic E-state index is -0.442. The first-order valence-corrected chi connectivity index (χ1v) is 8.86. The molecule has 0 aliphatic rings. The smallest absolute Gasteiger partial charge is 0.273 e. The first-order chi connectivity index (χ1) is 12.5. The van der Waals surface area contributed by atoms with Crippen molar-refractivity contribution in [3.63, 3.8) is 0 Å². The topological polar surface area (TPSA) is 87.5 Å². The first-order valence-electron chi connectivity index (χ1n) is 8.86. The maximum atomic E-state index is 12.1. The molecular weight excluding hydrogens is 332 g/mol. The Morgan fingerprint density at radius 3 is 2.50 bits per heavy atom. The van der Waals surface area contributed by atoms with Crippen LogP contribution in [0.25, 0.3) is 11.3 Å². The lowest BCUT2D eigenvalue weighted by atomic mass is 10.1. The first kappa shape index (κ1) is 19.7. The minimum absolute atomic E-state index is 0.0999. The van der Waals surface area contributed by atoms with Crippen molar-refractivity contribution in [1.29, 1.82) is 0 Å². The van der Waals surface area contributed by atoms with E-state index < -0.39 is 5.91 Å². The van der Waals surface area contributed by atoms with Gasteiger partial charge in [-0.1, -0.05) is 49.3 Å². The normalized spacial score (nSPS) is 12.0. The van der Waals surface area contributed by atoms with E-state index in [-0.39, 0.29) is 24.2 Å². The fraction of sp³-hybridized carbons (Fsp3) is 0.421. The molecule has 0 saturated carbocycles. The van der Waals surface area contributed by atoms with E-state index in [1.807, 2.05) is 30.3 Å². The molecule has 1 aromatic carbocycles. The molecule has 0 fully saturated rings. The average molecular weight is 358 g/mol. The summed E-state index contributed by atoms with van der Waals surface area (Å²) in [5.74, 6) is -0.166. The van der Waals surface area contributed by atoms with Gasteiger partial charge in [0.25, 0.3) is 5.91 Å². The van der Waals surface area contributed by atoms with E-state index in [4.69, 9.17) is 4.52 Å². The molecule has 2 amide bonds. The Morgan fingerprint density at radius 2 is 1.85 bits per heavy atom. The van der Waals surface area contributed by atoms with Gasteiger partial charge >= 0.3 is 0 Å². The highest BCUT2D eigenvalue weighted by atomic mass is 16.5. The molecule has 0 aliphatic carbocycles. The SMILES string of the molecule is CCN(CC)[C@@H](C)CNC(=O)CNC(=O)c1cc(-c2ccccc2)on1. The van der Waals surface area contributed by atoms with Gasteiger partial charge in [-0.25, -0.2) is 0 Å². The number of carbonyl (C=O) groups is 2. The second-order valence-electron chi connectivity index (χ2n) is 6.00. The van der Waals surface area contributed by atoms with Crippen LogP contribution in [0.4, 0.5) is 0 Å². The molecule has 1 heterocycles. The molecule has 2 rings (SSSR count). The number of benzene rings is 1. The predicted octanol–water partition coefficient (Wildman–Crippen LogP) is 1.92. The van der Waals surface area contributed by atoms with Crippen molar-refractivity contribution >= 4 is 11.8 Å². The van der Waals surface area contributed by atoms with Crippen LogP contribution >= 0.6 is 0 Å². The molecule has 0 bridgehead atoms. The fourth-order valence-corrected chi connectivity index (χ4v) is 2.67. The third-order valence-corrected chi connectivity index (χ3v) is 4.24. The van der Waals surface area contributed by atoms with Gasteiger partial charge in [-0.15, -0.1) is 0 Å². The van der Waals surface area contributed by atoms with E-state index in [2.05, 4.69) is 41.5 Å². The maximum absolute atomic E-state index is 12.1. The molecule has 140 valence electrons. The summed E-state index contributed by atoms with van der Waals surface area (Å²) in [6.07, 6.45) is 0. The number of nitrogens with one attached hydrogen (secondary N) is 2. The van der Waals surface area contributed by atoms with Crippen molar-refractivity contribution in [3.8, 4) is 11.3 Å². The third-order valence-electron chi connectivity index (χ3n) is 4.24. The summed E-state index contributed by atoms with van der Waals surface area (Å²) in [5.41, 5.74) is 0.982. The Kier molecular flexibility index (Phi) is 7.35. The average Bonchev–Trinajstić information content (AvgIpc) is 3.16. The van der Waals surface area contributed by atoms with Crippen LogP contribution in [0.1, 0.15) is 31.3 Å². The number of carbonyl (C=O) groups excluding carboxylic acids is 2. The van der Waals surface area contributed by atoms with Crippen LogP contribution in [0.15, 0.2) is 40.9 Å². The van der Waals surface area contributed by atoms with Gasteiger partial charge in [-0.3, -0.25) is 14.5 Å². The molecular formula is C19H26N4O3. The zero-order valence-corrected chi connectivity index (χ0v) is 15.5. The lowest BCUT2D eigenvalue weighted by Gasteiger charge is -2.26. The summed E-state index contributed by atoms with van der Waals surface area (Å²) in [6, 6.07) is 11.2. The zero-order valence-electron chi connectivity index (χ0n) is 15.5. The van der Waals surface area contributed by atoms with Gasteiger partial charge in [0, 0.05) is 24.2 Å². The van der Waals surface area contributed by atoms with E-state index in [0.29, 0.717) is 12.3 Å². The van der Waals surface area contributed by atoms with Crippen LogP contribution in [0.2, 0.25) is 0 Å². The van der Waals surface area contributed by atoms with Gasteiger partial charge in [0.15, 0.2) is 11.5 Å². The van der Waals surface area contributed by atoms with Crippen molar-refractivity contribution in [1.82, 2.24) is 20.7 Å². The molecule has 7 heteroatoms. The van der Waals surface area contributed by atoms with Gasteiger partial charge in [-0.2, -0.15) is 0 Å². The largest absolute Gasteiger partial charge is 0.355 e. The molecule has 0 spiro atoms. The quantitative estimate of drug-likeness (QED) is 0.715. The van der Waals surface area contributed by atoms with Gasteiger partial charge in [0.1, 0.15) is 0 Å². The Hall–Kier alpha value is -2.67. The second kappa shape index (κ2) is 9.72. The van der Waals surface area contributed by atoms with Gasteiger partial charge in [0.05, 0.1) is 6.54 Å². The summed E-state index contributed by atoms with van der Waals surface area (Å²) in [5, 5.41) is 9.15. The van der Waals surface area contributed by atoms with Crippen LogP contribution in [0, 0.1) is 0 Å². The van der Waals surface area contributed by atoms with Crippen LogP contribution in [-0.2, 0) is 4.79 Å². The molecule has 2 aromatic rings. The number of aromatic nitrogens is 1. The molecule has 0 radical (unpaired) electrons. The number of nitrogens with zero attached hydrogens (tertiary/aromatic N) is 2. The summed E-state index contributed by atoms with van der Waals surface area (Å²) in [7, 11) is 0. The molecule has 7 nitrogen and oxygen atoms in total. The highest BCUT2D eigenvalue weighted by molar-refractivity contribution is 5.95. The zero-order chi connectivity index (χ0) is 18.9. The molecule has 1 aromatic heterocycles. The number of amides is 2. The summed E-state index contributed by atoms with van der Waals surface area (Å²) in [4.78, 5) is 26.3. The highest BCUT2D eigenvalue weighted by Crippen LogP contribution is 2.19. The predicted molar refractivity (Wildman–Crippen MR) is 99.7 cm³/mol. The number of likely N-dealkylation sites (N-methyl/N-ethyl adjacent to an activating group) is 1. The summed E-state index contributed by atoms with van der Waals surface area (Å²) < 4.78 is 5.19. The molecule has 26 heavy (non-hydrogen) atoms. The van der Waals surface area contributed by atoms with Crippen molar-refractivity contribution < 1.29 is 14.1 Å². The summed E-state index contributed by atoms with van der Waals surface area (Å²) in [6.45, 7) is 8.54. The van der Waals surface area contributed by atoms with E-state index in [1.54, 1.807) is 6.07 Å². The van der Waals surface area contributed by atoms with Gasteiger partial charge in [0.2, 0.25) is 5.91 Å². The Bertz CT molecular complexity index is 711. The molecule has 0 saturated heterocycles. The molecule has 1 atom stereocenters. The summed E-state index contributed by atoms with van der Waals surface area (Å²) >= 11 is 0. The Balaban J connectivity index is 1.80. The van der Waals surface area contributed by atoms with Gasteiger partial charge < -0.3 is 15.2 Å². The lowest BCUT2D eigenvalue weighted by Crippen LogP contribution is -2.44. The number of rotatable bonds is 9. The van der Waals surface area contributed by atoms with Crippen molar-refractivity contribution in [2.24, 2.45) is 0 Å². The third kappa shape index (κ3) is 5.42. The Morgan fingerprint density at radius 1 is 1.15 bits per heavy atom. The van der Waals surface area contributed by atoms with Gasteiger partial charge in [-0.05, 0) is 20.0 Å². The highest BCUT2D eigenvalue weighted by Gasteiger charge is 2.15. The van der Waals surface area contributed by atoms with Crippen LogP contribution in [0.5, 0.6) is 0 Å². The van der Waals surface area contributed by atoms with Crippen LogP contribution in [-0.4, -0.2) is 54.1 Å².